The van der Waals surface area contributed by atoms with Gasteiger partial charge in [-0.15, -0.1) is 0 Å². The van der Waals surface area contributed by atoms with E-state index in [1.165, 1.54) is 11.0 Å². The number of anilines is 2. The van der Waals surface area contributed by atoms with Crippen LogP contribution in [0.15, 0.2) is 18.5 Å². The van der Waals surface area contributed by atoms with Crippen LogP contribution >= 0.6 is 0 Å². The van der Waals surface area contributed by atoms with Crippen LogP contribution < -0.4 is 11.1 Å². The van der Waals surface area contributed by atoms with Gasteiger partial charge in [-0.05, 0) is 36.6 Å². The monoisotopic (exact) mass is 381 g/mol. The first-order valence-corrected chi connectivity index (χ1v) is 8.74. The number of amides is 2. The van der Waals surface area contributed by atoms with Crippen LogP contribution in [0.3, 0.4) is 0 Å². The molecule has 0 unspecified atom stereocenters. The van der Waals surface area contributed by atoms with Crippen molar-refractivity contribution in [1.82, 2.24) is 24.6 Å². The van der Waals surface area contributed by atoms with Crippen molar-refractivity contribution < 1.29 is 9.59 Å². The molecule has 28 heavy (non-hydrogen) atoms. The minimum absolute atomic E-state index is 0.0229. The van der Waals surface area contributed by atoms with Crippen LogP contribution in [-0.4, -0.2) is 50.6 Å². The zero-order valence-corrected chi connectivity index (χ0v) is 16.6. The number of nitrogens with two attached hydrogens (primary N) is 1. The molecule has 1 aromatic carbocycles. The molecule has 0 spiro atoms. The Balaban J connectivity index is 1.91. The van der Waals surface area contributed by atoms with Crippen LogP contribution in [0.2, 0.25) is 0 Å². The second-order valence-electron chi connectivity index (χ2n) is 6.87. The van der Waals surface area contributed by atoms with E-state index in [2.05, 4.69) is 20.4 Å². The number of aryl methyl sites for hydroxylation is 1. The standard InChI is InChI=1S/C19H23N7O2/c1-10-11(2)13(7-6-12(10)8-14(27)25(3)4)23-19(28)16-15-17(20)21-9-22-18(15)26(5)24-16/h6-7,9H,8H2,1-5H3,(H,23,28)(H2,20,21,22). The number of carbonyl (C=O) groups excluding carboxylic acids is 2. The molecule has 3 N–H and O–H groups in total. The fourth-order valence-corrected chi connectivity index (χ4v) is 2.97. The molecule has 0 aliphatic heterocycles. The van der Waals surface area contributed by atoms with Gasteiger partial charge in [-0.1, -0.05) is 6.07 Å². The number of likely N-dealkylation sites (N-methyl/N-ethyl adjacent to an activating group) is 1. The van der Waals surface area contributed by atoms with Crippen molar-refractivity contribution in [2.24, 2.45) is 7.05 Å². The molecule has 0 aliphatic rings. The molecule has 3 aromatic rings. The Kier molecular flexibility index (Phi) is 5.00. The van der Waals surface area contributed by atoms with Crippen LogP contribution in [0.5, 0.6) is 0 Å². The number of aromatic nitrogens is 4. The third-order valence-corrected chi connectivity index (χ3v) is 4.85. The number of nitrogens with one attached hydrogen (secondary N) is 1. The first kappa shape index (κ1) is 19.3. The molecule has 0 bridgehead atoms. The highest BCUT2D eigenvalue weighted by Gasteiger charge is 2.21. The number of nitrogens with zero attached hydrogens (tertiary/aromatic N) is 5. The smallest absolute Gasteiger partial charge is 0.277 e. The molecule has 3 rings (SSSR count). The van der Waals surface area contributed by atoms with Crippen molar-refractivity contribution >= 4 is 34.4 Å². The topological polar surface area (TPSA) is 119 Å². The molecule has 0 fully saturated rings. The van der Waals surface area contributed by atoms with Crippen LogP contribution in [0.25, 0.3) is 11.0 Å². The van der Waals surface area contributed by atoms with Gasteiger partial charge in [0.2, 0.25) is 5.91 Å². The first-order chi connectivity index (χ1) is 13.2. The molecule has 2 aromatic heterocycles. The fourth-order valence-electron chi connectivity index (χ4n) is 2.97. The lowest BCUT2D eigenvalue weighted by molar-refractivity contribution is -0.127. The Bertz CT molecular complexity index is 1090. The fraction of sp³-hybridized carbons (Fsp3) is 0.316. The molecular formula is C19H23N7O2. The number of hydrogen-bond acceptors (Lipinski definition) is 6. The van der Waals surface area contributed by atoms with E-state index >= 15 is 0 Å². The van der Waals surface area contributed by atoms with Gasteiger partial charge in [-0.2, -0.15) is 5.10 Å². The summed E-state index contributed by atoms with van der Waals surface area (Å²) in [5.74, 6) is -0.171. The lowest BCUT2D eigenvalue weighted by Crippen LogP contribution is -2.24. The van der Waals surface area contributed by atoms with E-state index in [0.29, 0.717) is 23.1 Å². The van der Waals surface area contributed by atoms with Gasteiger partial charge in [0.05, 0.1) is 11.8 Å². The molecule has 9 heteroatoms. The maximum atomic E-state index is 12.9. The van der Waals surface area contributed by atoms with Crippen molar-refractivity contribution in [2.45, 2.75) is 20.3 Å². The molecule has 0 saturated carbocycles. The molecule has 2 amide bonds. The summed E-state index contributed by atoms with van der Waals surface area (Å²) in [6, 6.07) is 3.65. The number of nitrogen functional groups attached to an aromatic ring is 1. The average Bonchev–Trinajstić information content (AvgIpc) is 2.99. The maximum absolute atomic E-state index is 12.9. The van der Waals surface area contributed by atoms with E-state index in [0.717, 1.165) is 16.7 Å². The predicted octanol–water partition coefficient (Wildman–Crippen LogP) is 1.45. The van der Waals surface area contributed by atoms with Crippen LogP contribution in [0, 0.1) is 13.8 Å². The molecule has 0 atom stereocenters. The Hall–Kier alpha value is -3.49. The molecule has 0 aliphatic carbocycles. The van der Waals surface area contributed by atoms with Gasteiger partial charge in [0.25, 0.3) is 5.91 Å². The van der Waals surface area contributed by atoms with Gasteiger partial charge in [0, 0.05) is 26.8 Å². The Morgan fingerprint density at radius 1 is 1.18 bits per heavy atom. The second-order valence-corrected chi connectivity index (χ2v) is 6.87. The van der Waals surface area contributed by atoms with Gasteiger partial charge in [0.1, 0.15) is 12.1 Å². The molecule has 0 saturated heterocycles. The highest BCUT2D eigenvalue weighted by atomic mass is 16.2. The summed E-state index contributed by atoms with van der Waals surface area (Å²) in [4.78, 5) is 34.5. The average molecular weight is 381 g/mol. The molecule has 0 radical (unpaired) electrons. The van der Waals surface area contributed by atoms with Gasteiger partial charge < -0.3 is 16.0 Å². The summed E-state index contributed by atoms with van der Waals surface area (Å²) in [6.07, 6.45) is 1.65. The number of hydrogen-bond donors (Lipinski definition) is 2. The zero-order valence-electron chi connectivity index (χ0n) is 16.6. The third kappa shape index (κ3) is 3.38. The molecule has 2 heterocycles. The lowest BCUT2D eigenvalue weighted by atomic mass is 9.98. The third-order valence-electron chi connectivity index (χ3n) is 4.85. The van der Waals surface area contributed by atoms with Crippen LogP contribution in [0.4, 0.5) is 11.5 Å². The summed E-state index contributed by atoms with van der Waals surface area (Å²) in [5.41, 5.74) is 10.0. The first-order valence-electron chi connectivity index (χ1n) is 8.74. The molecule has 9 nitrogen and oxygen atoms in total. The summed E-state index contributed by atoms with van der Waals surface area (Å²) in [5, 5.41) is 7.55. The number of carbonyl (C=O) groups is 2. The van der Waals surface area contributed by atoms with E-state index in [1.54, 1.807) is 32.1 Å². The van der Waals surface area contributed by atoms with E-state index in [9.17, 15) is 9.59 Å². The number of fused-ring (bicyclic) bond motifs is 1. The highest BCUT2D eigenvalue weighted by Crippen LogP contribution is 2.25. The minimum atomic E-state index is -0.397. The zero-order chi connectivity index (χ0) is 20.6. The molecule has 146 valence electrons. The van der Waals surface area contributed by atoms with Crippen LogP contribution in [0.1, 0.15) is 27.2 Å². The number of benzene rings is 1. The SMILES string of the molecule is Cc1c(CC(=O)N(C)C)ccc(NC(=O)c2nn(C)c3ncnc(N)c23)c1C. The van der Waals surface area contributed by atoms with Crippen molar-refractivity contribution in [3.8, 4) is 0 Å². The van der Waals surface area contributed by atoms with Crippen LogP contribution in [-0.2, 0) is 18.3 Å². The van der Waals surface area contributed by atoms with Crippen molar-refractivity contribution in [3.63, 3.8) is 0 Å². The summed E-state index contributed by atoms with van der Waals surface area (Å²) >= 11 is 0. The van der Waals surface area contributed by atoms with Gasteiger partial charge in [-0.25, -0.2) is 14.6 Å². The normalized spacial score (nSPS) is 10.9. The van der Waals surface area contributed by atoms with Gasteiger partial charge in [0.15, 0.2) is 11.3 Å². The summed E-state index contributed by atoms with van der Waals surface area (Å²) in [6.45, 7) is 3.84. The second kappa shape index (κ2) is 7.26. The van der Waals surface area contributed by atoms with E-state index < -0.39 is 5.91 Å². The van der Waals surface area contributed by atoms with E-state index in [4.69, 9.17) is 5.73 Å². The minimum Gasteiger partial charge on any atom is -0.383 e. The highest BCUT2D eigenvalue weighted by molar-refractivity contribution is 6.13. The summed E-state index contributed by atoms with van der Waals surface area (Å²) in [7, 11) is 5.15. The lowest BCUT2D eigenvalue weighted by Gasteiger charge is -2.16. The quantitative estimate of drug-likeness (QED) is 0.706. The van der Waals surface area contributed by atoms with Gasteiger partial charge >= 0.3 is 0 Å². The van der Waals surface area contributed by atoms with Crippen molar-refractivity contribution in [1.29, 1.82) is 0 Å². The Morgan fingerprint density at radius 2 is 1.89 bits per heavy atom. The van der Waals surface area contributed by atoms with Gasteiger partial charge in [-0.3, -0.25) is 9.59 Å². The predicted molar refractivity (Wildman–Crippen MR) is 107 cm³/mol. The largest absolute Gasteiger partial charge is 0.383 e. The van der Waals surface area contributed by atoms with E-state index in [1.807, 2.05) is 19.9 Å². The van der Waals surface area contributed by atoms with Crippen molar-refractivity contribution in [3.05, 3.63) is 40.8 Å². The molecular weight excluding hydrogens is 358 g/mol. The maximum Gasteiger partial charge on any atom is 0.277 e. The Labute approximate surface area is 162 Å². The Morgan fingerprint density at radius 3 is 2.57 bits per heavy atom. The number of rotatable bonds is 4. The summed E-state index contributed by atoms with van der Waals surface area (Å²) < 4.78 is 1.50. The van der Waals surface area contributed by atoms with E-state index in [-0.39, 0.29) is 17.4 Å². The van der Waals surface area contributed by atoms with Crippen molar-refractivity contribution in [2.75, 3.05) is 25.1 Å².